The summed E-state index contributed by atoms with van der Waals surface area (Å²) in [4.78, 5) is 31.1. The molecule has 4 aliphatic rings. The number of hydrogen-bond donors (Lipinski definition) is 2. The highest BCUT2D eigenvalue weighted by atomic mass is 32.2. The molecule has 3 aliphatic carbocycles. The van der Waals surface area contributed by atoms with Crippen molar-refractivity contribution in [3.63, 3.8) is 0 Å². The van der Waals surface area contributed by atoms with Gasteiger partial charge in [0.2, 0.25) is 0 Å². The standard InChI is InChI=1S/C55H55N3O4S3/c1-5-7-9-11-15-34-25-41(27-38(32-56)53(59)60)63-51(34)36-19-23-47-49(29-36)65-50-30-37(52-35(16-12-10-8-6-2)26-42(64-52)28-39(33-57)54(61)62)20-24-48(50)58(47)40-21-22-44-43-17-13-14-18-45(43)55(3,4)46(44)31-40/h13,17,19-31,47,49H,5-12,14-16,18H2,1-4H3,(H,59,60)(H,61,62)/b38-27+,39-28+/t47-,49?/m1/s1. The number of allylic oxidation sites excluding steroid dienone is 6. The summed E-state index contributed by atoms with van der Waals surface area (Å²) in [5, 5.41) is 38.6. The molecule has 1 aliphatic heterocycles. The normalized spacial score (nSPS) is 18.4. The van der Waals surface area contributed by atoms with Crippen LogP contribution in [0.1, 0.15) is 129 Å². The minimum atomic E-state index is -1.23. The minimum Gasteiger partial charge on any atom is -0.477 e. The lowest BCUT2D eigenvalue weighted by Crippen LogP contribution is -2.41. The summed E-state index contributed by atoms with van der Waals surface area (Å²) in [6.45, 7) is 9.13. The molecule has 0 saturated heterocycles. The zero-order chi connectivity index (χ0) is 45.8. The SMILES string of the molecule is CCCCCCc1cc(/C=C(\C#N)C(=O)O)sc1C1=CC2Sc3cc(-c4sc(/C=C(\C#N)C(=O)O)cc4CCCCCC)ccc3N(c3ccc4c(c3)C(C)(C)C3=C4C=CCC3)[C@@H]2C=C1. The van der Waals surface area contributed by atoms with E-state index in [1.54, 1.807) is 22.7 Å². The first kappa shape index (κ1) is 45.9. The number of carbonyl (C=O) groups is 2. The van der Waals surface area contributed by atoms with Gasteiger partial charge < -0.3 is 15.1 Å². The average Bonchev–Trinajstić information content (AvgIpc) is 3.97. The van der Waals surface area contributed by atoms with Gasteiger partial charge in [0.25, 0.3) is 0 Å². The first-order valence-corrected chi connectivity index (χ1v) is 25.5. The predicted octanol–water partition coefficient (Wildman–Crippen LogP) is 14.7. The number of carboxylic acids is 2. The van der Waals surface area contributed by atoms with Crippen molar-refractivity contribution < 1.29 is 19.8 Å². The highest BCUT2D eigenvalue weighted by Gasteiger charge is 2.40. The molecule has 332 valence electrons. The molecule has 4 aromatic rings. The molecule has 1 unspecified atom stereocenters. The van der Waals surface area contributed by atoms with Gasteiger partial charge in [-0.05, 0) is 126 Å². The van der Waals surface area contributed by atoms with E-state index in [4.69, 9.17) is 0 Å². The van der Waals surface area contributed by atoms with Gasteiger partial charge in [-0.15, -0.1) is 34.4 Å². The molecule has 0 fully saturated rings. The maximum Gasteiger partial charge on any atom is 0.346 e. The van der Waals surface area contributed by atoms with Gasteiger partial charge in [0.05, 0.1) is 17.0 Å². The predicted molar refractivity (Wildman–Crippen MR) is 270 cm³/mol. The van der Waals surface area contributed by atoms with Crippen LogP contribution in [-0.4, -0.2) is 33.4 Å². The lowest BCUT2D eigenvalue weighted by Gasteiger charge is -2.43. The van der Waals surface area contributed by atoms with E-state index in [-0.39, 0.29) is 27.9 Å². The topological polar surface area (TPSA) is 125 Å². The van der Waals surface area contributed by atoms with Gasteiger partial charge >= 0.3 is 11.9 Å². The van der Waals surface area contributed by atoms with Gasteiger partial charge in [0.15, 0.2) is 0 Å². The molecule has 0 saturated carbocycles. The van der Waals surface area contributed by atoms with Crippen LogP contribution < -0.4 is 4.90 Å². The van der Waals surface area contributed by atoms with Crippen molar-refractivity contribution in [3.05, 3.63) is 133 Å². The van der Waals surface area contributed by atoms with Crippen molar-refractivity contribution in [2.75, 3.05) is 4.90 Å². The van der Waals surface area contributed by atoms with Crippen molar-refractivity contribution in [3.8, 4) is 22.6 Å². The van der Waals surface area contributed by atoms with Gasteiger partial charge in [-0.3, -0.25) is 0 Å². The number of thiophene rings is 2. The molecule has 2 aromatic carbocycles. The maximum atomic E-state index is 11.9. The number of rotatable bonds is 17. The second-order valence-corrected chi connectivity index (χ2v) is 21.3. The Hall–Kier alpha value is -5.65. The zero-order valence-electron chi connectivity index (χ0n) is 37.6. The van der Waals surface area contributed by atoms with Crippen LogP contribution in [0.2, 0.25) is 0 Å². The highest BCUT2D eigenvalue weighted by molar-refractivity contribution is 8.00. The van der Waals surface area contributed by atoms with E-state index >= 15 is 0 Å². The second-order valence-electron chi connectivity index (χ2n) is 17.9. The number of aliphatic carboxylic acids is 2. The van der Waals surface area contributed by atoms with Crippen LogP contribution in [-0.2, 0) is 27.8 Å². The molecule has 3 heterocycles. The Morgan fingerprint density at radius 1 is 0.815 bits per heavy atom. The molecule has 8 rings (SSSR count). The molecule has 10 heteroatoms. The smallest absolute Gasteiger partial charge is 0.346 e. The van der Waals surface area contributed by atoms with Gasteiger partial charge in [-0.2, -0.15) is 10.5 Å². The summed E-state index contributed by atoms with van der Waals surface area (Å²) in [6.07, 6.45) is 27.3. The van der Waals surface area contributed by atoms with E-state index in [0.717, 1.165) is 124 Å². The molecule has 65 heavy (non-hydrogen) atoms. The largest absolute Gasteiger partial charge is 0.477 e. The van der Waals surface area contributed by atoms with Crippen molar-refractivity contribution in [2.45, 2.75) is 126 Å². The molecule has 0 amide bonds. The van der Waals surface area contributed by atoms with E-state index in [1.165, 1.54) is 45.6 Å². The van der Waals surface area contributed by atoms with Crippen molar-refractivity contribution in [1.29, 1.82) is 10.5 Å². The Morgan fingerprint density at radius 2 is 1.46 bits per heavy atom. The molecule has 0 spiro atoms. The molecule has 2 aromatic heterocycles. The Morgan fingerprint density at radius 3 is 2.09 bits per heavy atom. The maximum absolute atomic E-state index is 11.9. The number of thioether (sulfide) groups is 1. The molecule has 0 bridgehead atoms. The van der Waals surface area contributed by atoms with Gasteiger partial charge in [0.1, 0.15) is 23.3 Å². The quantitative estimate of drug-likeness (QED) is 0.0609. The number of aryl methyl sites for hydroxylation is 2. The van der Waals surface area contributed by atoms with Crippen LogP contribution in [0.25, 0.3) is 33.7 Å². The Labute approximate surface area is 395 Å². The van der Waals surface area contributed by atoms with Crippen molar-refractivity contribution in [1.82, 2.24) is 0 Å². The third-order valence-corrected chi connectivity index (χ3v) is 16.8. The fourth-order valence-corrected chi connectivity index (χ4v) is 13.5. The molecule has 2 N–H and O–H groups in total. The number of nitrogens with zero attached hydrogens (tertiary/aromatic N) is 3. The number of hydrogen-bond acceptors (Lipinski definition) is 8. The van der Waals surface area contributed by atoms with Crippen LogP contribution in [0, 0.1) is 22.7 Å². The number of anilines is 2. The molecule has 7 nitrogen and oxygen atoms in total. The third kappa shape index (κ3) is 9.41. The first-order chi connectivity index (χ1) is 31.4. The lowest BCUT2D eigenvalue weighted by molar-refractivity contribution is -0.133. The van der Waals surface area contributed by atoms with Crippen LogP contribution in [0.15, 0.2) is 101 Å². The van der Waals surface area contributed by atoms with Crippen LogP contribution in [0.4, 0.5) is 11.4 Å². The number of unbranched alkanes of at least 4 members (excludes halogenated alkanes) is 6. The summed E-state index contributed by atoms with van der Waals surface area (Å²) in [5.74, 6) is -2.45. The van der Waals surface area contributed by atoms with Crippen LogP contribution in [0.5, 0.6) is 0 Å². The van der Waals surface area contributed by atoms with E-state index in [1.807, 2.05) is 23.9 Å². The first-order valence-electron chi connectivity index (χ1n) is 23.0. The number of nitriles is 2. The van der Waals surface area contributed by atoms with Crippen LogP contribution >= 0.6 is 34.4 Å². The molecule has 0 radical (unpaired) electrons. The average molecular weight is 918 g/mol. The van der Waals surface area contributed by atoms with E-state index in [9.17, 15) is 30.3 Å². The van der Waals surface area contributed by atoms with E-state index < -0.39 is 11.9 Å². The number of fused-ring (bicyclic) bond motifs is 4. The summed E-state index contributed by atoms with van der Waals surface area (Å²) >= 11 is 4.95. The number of carboxylic acid groups (broad SMARTS) is 2. The molecular formula is C55H55N3O4S3. The Balaban J connectivity index is 1.24. The van der Waals surface area contributed by atoms with Crippen molar-refractivity contribution in [2.24, 2.45) is 0 Å². The van der Waals surface area contributed by atoms with Gasteiger partial charge in [-0.1, -0.05) is 114 Å². The Bertz CT molecular complexity index is 2810. The summed E-state index contributed by atoms with van der Waals surface area (Å²) in [7, 11) is 0. The van der Waals surface area contributed by atoms with Crippen LogP contribution in [0.3, 0.4) is 0 Å². The minimum absolute atomic E-state index is 0.00436. The Kier molecular flexibility index (Phi) is 14.0. The van der Waals surface area contributed by atoms with E-state index in [0.29, 0.717) is 0 Å². The molecular weight excluding hydrogens is 863 g/mol. The number of benzene rings is 2. The molecule has 2 atom stereocenters. The zero-order valence-corrected chi connectivity index (χ0v) is 40.0. The fourth-order valence-electron chi connectivity index (χ4n) is 9.82. The third-order valence-electron chi connectivity index (χ3n) is 13.2. The fraction of sp³-hybridized carbons (Fsp3) is 0.345. The summed E-state index contributed by atoms with van der Waals surface area (Å²) < 4.78 is 0. The van der Waals surface area contributed by atoms with E-state index in [2.05, 4.69) is 112 Å². The van der Waals surface area contributed by atoms with Gasteiger partial charge in [0, 0.05) is 35.5 Å². The second kappa shape index (κ2) is 19.8. The highest BCUT2D eigenvalue weighted by Crippen LogP contribution is 2.54. The van der Waals surface area contributed by atoms with Crippen molar-refractivity contribution >= 4 is 81.0 Å². The summed E-state index contributed by atoms with van der Waals surface area (Å²) in [6, 6.07) is 21.6. The summed E-state index contributed by atoms with van der Waals surface area (Å²) in [5.41, 5.74) is 11.7. The van der Waals surface area contributed by atoms with Gasteiger partial charge in [-0.25, -0.2) is 9.59 Å². The lowest BCUT2D eigenvalue weighted by atomic mass is 9.78. The monoisotopic (exact) mass is 917 g/mol.